The van der Waals surface area contributed by atoms with Crippen molar-refractivity contribution in [2.75, 3.05) is 59.1 Å². The number of nitrogens with one attached hydrogen (secondary N) is 1. The highest BCUT2D eigenvalue weighted by atomic mass is 16.5. The Bertz CT molecular complexity index is 641. The molecular weight excluding hydrogens is 348 g/mol. The molecule has 0 radical (unpaired) electrons. The number of hydrogen-bond acceptors (Lipinski definition) is 5. The number of guanidine groups is 1. The molecule has 1 aromatic rings. The van der Waals surface area contributed by atoms with Crippen LogP contribution in [0.5, 0.6) is 0 Å². The van der Waals surface area contributed by atoms with Crippen molar-refractivity contribution in [1.29, 1.82) is 0 Å². The van der Waals surface area contributed by atoms with Crippen molar-refractivity contribution < 1.29 is 14.3 Å². The van der Waals surface area contributed by atoms with Crippen LogP contribution in [0.1, 0.15) is 25.0 Å². The van der Waals surface area contributed by atoms with Crippen molar-refractivity contribution in [1.82, 2.24) is 24.9 Å². The summed E-state index contributed by atoms with van der Waals surface area (Å²) in [5.41, 5.74) is 1.07. The number of aromatic nitrogens is 2. The van der Waals surface area contributed by atoms with E-state index in [-0.39, 0.29) is 12.0 Å². The number of morpholine rings is 2. The van der Waals surface area contributed by atoms with E-state index >= 15 is 0 Å². The number of aliphatic imine (C=N–C) groups is 1. The number of amides is 1. The van der Waals surface area contributed by atoms with Crippen LogP contribution in [0.4, 0.5) is 0 Å². The molecule has 2 fully saturated rings. The Morgan fingerprint density at radius 3 is 2.78 bits per heavy atom. The Morgan fingerprint density at radius 2 is 2.07 bits per heavy atom. The van der Waals surface area contributed by atoms with Crippen molar-refractivity contribution in [2.45, 2.75) is 19.4 Å². The molecule has 150 valence electrons. The summed E-state index contributed by atoms with van der Waals surface area (Å²) in [5, 5.41) is 7.57. The average molecular weight is 378 g/mol. The highest BCUT2D eigenvalue weighted by molar-refractivity contribution is 5.81. The summed E-state index contributed by atoms with van der Waals surface area (Å²) < 4.78 is 13.0. The molecule has 9 nitrogen and oxygen atoms in total. The Hall–Kier alpha value is -2.13. The molecule has 0 spiro atoms. The smallest absolute Gasteiger partial charge is 0.224 e. The van der Waals surface area contributed by atoms with Gasteiger partial charge in [0.05, 0.1) is 39.1 Å². The van der Waals surface area contributed by atoms with Gasteiger partial charge in [0, 0.05) is 51.4 Å². The predicted molar refractivity (Wildman–Crippen MR) is 101 cm³/mol. The number of rotatable bonds is 5. The molecule has 0 aromatic carbocycles. The fraction of sp³-hybridized carbons (Fsp3) is 0.722. The zero-order valence-corrected chi connectivity index (χ0v) is 16.3. The maximum Gasteiger partial charge on any atom is 0.224 e. The van der Waals surface area contributed by atoms with E-state index in [1.165, 1.54) is 0 Å². The van der Waals surface area contributed by atoms with Crippen LogP contribution in [-0.2, 0) is 21.3 Å². The zero-order chi connectivity index (χ0) is 19.1. The Kier molecular flexibility index (Phi) is 7.05. The number of nitrogens with zero attached hydrogens (tertiary/aromatic N) is 5. The molecule has 3 heterocycles. The first-order valence-electron chi connectivity index (χ1n) is 9.66. The molecule has 1 unspecified atom stereocenters. The van der Waals surface area contributed by atoms with E-state index in [0.717, 1.165) is 31.2 Å². The minimum Gasteiger partial charge on any atom is -0.378 e. The quantitative estimate of drug-likeness (QED) is 0.574. The molecule has 9 heteroatoms. The lowest BCUT2D eigenvalue weighted by molar-refractivity contribution is -0.135. The SMILES string of the molecule is CCNC(=NCCC(=O)N1CCOCC1)N1CCOC(c2cnn(C)c2)C1. The van der Waals surface area contributed by atoms with Crippen LogP contribution in [0.25, 0.3) is 0 Å². The van der Waals surface area contributed by atoms with Gasteiger partial charge in [0.1, 0.15) is 6.10 Å². The first-order valence-corrected chi connectivity index (χ1v) is 9.66. The van der Waals surface area contributed by atoms with Gasteiger partial charge in [-0.2, -0.15) is 5.10 Å². The van der Waals surface area contributed by atoms with Gasteiger partial charge in [-0.05, 0) is 6.92 Å². The second-order valence-corrected chi connectivity index (χ2v) is 6.73. The van der Waals surface area contributed by atoms with Crippen molar-refractivity contribution >= 4 is 11.9 Å². The lowest BCUT2D eigenvalue weighted by Gasteiger charge is -2.34. The second-order valence-electron chi connectivity index (χ2n) is 6.73. The molecule has 1 N–H and O–H groups in total. The van der Waals surface area contributed by atoms with Crippen LogP contribution in [-0.4, -0.2) is 90.5 Å². The Balaban J connectivity index is 1.56. The highest BCUT2D eigenvalue weighted by Crippen LogP contribution is 2.21. The van der Waals surface area contributed by atoms with E-state index in [1.54, 1.807) is 4.68 Å². The van der Waals surface area contributed by atoms with E-state index in [2.05, 4.69) is 20.3 Å². The third-order valence-electron chi connectivity index (χ3n) is 4.75. The number of hydrogen-bond donors (Lipinski definition) is 1. The number of ether oxygens (including phenoxy) is 2. The number of carbonyl (C=O) groups excluding carboxylic acids is 1. The predicted octanol–water partition coefficient (Wildman–Crippen LogP) is 0.00780. The Morgan fingerprint density at radius 1 is 1.30 bits per heavy atom. The zero-order valence-electron chi connectivity index (χ0n) is 16.3. The molecule has 0 bridgehead atoms. The molecule has 3 rings (SSSR count). The number of carbonyl (C=O) groups is 1. The van der Waals surface area contributed by atoms with Gasteiger partial charge in [0.25, 0.3) is 0 Å². The van der Waals surface area contributed by atoms with Crippen LogP contribution in [0.15, 0.2) is 17.4 Å². The number of aryl methyl sites for hydroxylation is 1. The summed E-state index contributed by atoms with van der Waals surface area (Å²) in [5.74, 6) is 0.984. The van der Waals surface area contributed by atoms with E-state index in [9.17, 15) is 4.79 Å². The summed E-state index contributed by atoms with van der Waals surface area (Å²) in [4.78, 5) is 21.0. The van der Waals surface area contributed by atoms with Crippen molar-refractivity contribution in [3.8, 4) is 0 Å². The lowest BCUT2D eigenvalue weighted by atomic mass is 10.1. The monoisotopic (exact) mass is 378 g/mol. The van der Waals surface area contributed by atoms with Gasteiger partial charge in [-0.25, -0.2) is 0 Å². The van der Waals surface area contributed by atoms with Crippen LogP contribution < -0.4 is 5.32 Å². The third kappa shape index (κ3) is 5.43. The summed E-state index contributed by atoms with van der Waals surface area (Å²) >= 11 is 0. The largest absolute Gasteiger partial charge is 0.378 e. The van der Waals surface area contributed by atoms with E-state index in [4.69, 9.17) is 9.47 Å². The van der Waals surface area contributed by atoms with Gasteiger partial charge in [-0.3, -0.25) is 14.5 Å². The normalized spacial score (nSPS) is 21.4. The first-order chi connectivity index (χ1) is 13.2. The molecule has 1 amide bonds. The van der Waals surface area contributed by atoms with Crippen LogP contribution in [0, 0.1) is 0 Å². The first kappa shape index (κ1) is 19.6. The molecule has 1 atom stereocenters. The minimum atomic E-state index is -0.0220. The highest BCUT2D eigenvalue weighted by Gasteiger charge is 2.25. The summed E-state index contributed by atoms with van der Waals surface area (Å²) in [7, 11) is 1.90. The molecule has 0 saturated carbocycles. The minimum absolute atomic E-state index is 0.0220. The second kappa shape index (κ2) is 9.70. The maximum atomic E-state index is 12.3. The standard InChI is InChI=1S/C18H30N6O3/c1-3-19-18(20-5-4-17(25)23-6-9-26-10-7-23)24-8-11-27-16(14-24)15-12-21-22(2)13-15/h12-13,16H,3-11,14H2,1-2H3,(H,19,20). The molecule has 2 aliphatic rings. The Labute approximate surface area is 160 Å². The van der Waals surface area contributed by atoms with Gasteiger partial charge in [0.2, 0.25) is 5.91 Å². The van der Waals surface area contributed by atoms with Crippen LogP contribution >= 0.6 is 0 Å². The van der Waals surface area contributed by atoms with E-state index in [1.807, 2.05) is 31.3 Å². The molecule has 2 aliphatic heterocycles. The van der Waals surface area contributed by atoms with E-state index in [0.29, 0.717) is 45.9 Å². The summed E-state index contributed by atoms with van der Waals surface area (Å²) in [6, 6.07) is 0. The fourth-order valence-corrected chi connectivity index (χ4v) is 3.30. The molecule has 2 saturated heterocycles. The third-order valence-corrected chi connectivity index (χ3v) is 4.75. The van der Waals surface area contributed by atoms with Crippen molar-refractivity contribution in [2.24, 2.45) is 12.0 Å². The average Bonchev–Trinajstić information content (AvgIpc) is 3.14. The van der Waals surface area contributed by atoms with Gasteiger partial charge < -0.3 is 24.6 Å². The van der Waals surface area contributed by atoms with Crippen molar-refractivity contribution in [3.05, 3.63) is 18.0 Å². The fourth-order valence-electron chi connectivity index (χ4n) is 3.30. The van der Waals surface area contributed by atoms with Crippen molar-refractivity contribution in [3.63, 3.8) is 0 Å². The van der Waals surface area contributed by atoms with Crippen LogP contribution in [0.3, 0.4) is 0 Å². The van der Waals surface area contributed by atoms with Gasteiger partial charge in [0.15, 0.2) is 5.96 Å². The van der Waals surface area contributed by atoms with Gasteiger partial charge >= 0.3 is 0 Å². The summed E-state index contributed by atoms with van der Waals surface area (Å²) in [6.07, 6.45) is 4.23. The van der Waals surface area contributed by atoms with Gasteiger partial charge in [-0.1, -0.05) is 0 Å². The van der Waals surface area contributed by atoms with Gasteiger partial charge in [-0.15, -0.1) is 0 Å². The molecular formula is C18H30N6O3. The van der Waals surface area contributed by atoms with Crippen LogP contribution in [0.2, 0.25) is 0 Å². The maximum absolute atomic E-state index is 12.3. The topological polar surface area (TPSA) is 84.2 Å². The van der Waals surface area contributed by atoms with E-state index < -0.39 is 0 Å². The molecule has 0 aliphatic carbocycles. The summed E-state index contributed by atoms with van der Waals surface area (Å²) in [6.45, 7) is 8.05. The molecule has 1 aromatic heterocycles. The molecule has 27 heavy (non-hydrogen) atoms. The lowest BCUT2D eigenvalue weighted by Crippen LogP contribution is -2.48.